The predicted octanol–water partition coefficient (Wildman–Crippen LogP) is 1.86. The van der Waals surface area contributed by atoms with Gasteiger partial charge >= 0.3 is 0 Å². The monoisotopic (exact) mass is 320 g/mol. The second-order valence-corrected chi connectivity index (χ2v) is 5.18. The van der Waals surface area contributed by atoms with Crippen LogP contribution in [0.5, 0.6) is 0 Å². The Bertz CT molecular complexity index is 650. The molecule has 1 aromatic heterocycles. The Labute approximate surface area is 132 Å². The molecule has 0 radical (unpaired) electrons. The summed E-state index contributed by atoms with van der Waals surface area (Å²) in [5.41, 5.74) is 1.31. The number of ether oxygens (including phenoxy) is 2. The Hall–Kier alpha value is -2.25. The topological polar surface area (TPSA) is 64.8 Å². The van der Waals surface area contributed by atoms with Crippen molar-refractivity contribution in [2.75, 3.05) is 32.9 Å². The van der Waals surface area contributed by atoms with Gasteiger partial charge in [-0.25, -0.2) is 4.39 Å². The molecule has 1 saturated heterocycles. The lowest BCUT2D eigenvalue weighted by Gasteiger charge is -2.26. The first-order chi connectivity index (χ1) is 11.2. The molecule has 0 aliphatic carbocycles. The van der Waals surface area contributed by atoms with Crippen molar-refractivity contribution in [3.8, 4) is 11.3 Å². The van der Waals surface area contributed by atoms with Crippen molar-refractivity contribution in [3.63, 3.8) is 0 Å². The van der Waals surface area contributed by atoms with E-state index in [0.29, 0.717) is 37.8 Å². The Morgan fingerprint density at radius 2 is 2.00 bits per heavy atom. The third-order valence-corrected chi connectivity index (χ3v) is 3.53. The third-order valence-electron chi connectivity index (χ3n) is 3.53. The van der Waals surface area contributed by atoms with Crippen LogP contribution >= 0.6 is 0 Å². The van der Waals surface area contributed by atoms with Crippen molar-refractivity contribution in [1.29, 1.82) is 0 Å². The minimum Gasteiger partial charge on any atom is -0.378 e. The summed E-state index contributed by atoms with van der Waals surface area (Å²) < 4.78 is 28.7. The maximum Gasteiger partial charge on any atom is 0.248 e. The van der Waals surface area contributed by atoms with Gasteiger partial charge in [-0.05, 0) is 24.3 Å². The highest BCUT2D eigenvalue weighted by molar-refractivity contribution is 5.77. The number of aromatic nitrogens is 1. The lowest BCUT2D eigenvalue weighted by Crippen LogP contribution is -2.42. The molecule has 0 atom stereocenters. The average molecular weight is 320 g/mol. The van der Waals surface area contributed by atoms with E-state index in [1.54, 1.807) is 23.1 Å². The van der Waals surface area contributed by atoms with Gasteiger partial charge in [-0.2, -0.15) is 0 Å². The van der Waals surface area contributed by atoms with Crippen LogP contribution in [-0.4, -0.2) is 48.9 Å². The number of hydrogen-bond donors (Lipinski definition) is 0. The zero-order valence-corrected chi connectivity index (χ0v) is 12.5. The smallest absolute Gasteiger partial charge is 0.248 e. The Balaban J connectivity index is 1.49. The zero-order chi connectivity index (χ0) is 16.1. The molecular weight excluding hydrogens is 303 g/mol. The lowest BCUT2D eigenvalue weighted by molar-refractivity contribution is -0.140. The van der Waals surface area contributed by atoms with Crippen molar-refractivity contribution in [2.24, 2.45) is 0 Å². The maximum atomic E-state index is 12.9. The summed E-state index contributed by atoms with van der Waals surface area (Å²) in [5.74, 6) is 0.164. The largest absolute Gasteiger partial charge is 0.378 e. The van der Waals surface area contributed by atoms with Crippen LogP contribution in [0.15, 0.2) is 34.9 Å². The standard InChI is InChI=1S/C16H17FN2O4/c17-13-3-1-12(2-4-13)15-9-14(18-23-15)10-22-11-16(20)19-5-7-21-8-6-19/h1-4,9H,5-8,10-11H2. The quantitative estimate of drug-likeness (QED) is 0.841. The van der Waals surface area contributed by atoms with Crippen molar-refractivity contribution in [3.05, 3.63) is 41.8 Å². The van der Waals surface area contributed by atoms with Crippen molar-refractivity contribution in [1.82, 2.24) is 10.1 Å². The number of carbonyl (C=O) groups is 1. The molecule has 2 heterocycles. The van der Waals surface area contributed by atoms with E-state index in [1.807, 2.05) is 0 Å². The molecule has 3 rings (SSSR count). The first-order valence-electron chi connectivity index (χ1n) is 7.37. The van der Waals surface area contributed by atoms with Crippen LogP contribution in [0, 0.1) is 5.82 Å². The number of benzene rings is 1. The first kappa shape index (κ1) is 15.6. The van der Waals surface area contributed by atoms with Gasteiger partial charge in [0.2, 0.25) is 5.91 Å². The molecule has 0 saturated carbocycles. The molecule has 7 heteroatoms. The number of amides is 1. The molecule has 0 N–H and O–H groups in total. The SMILES string of the molecule is O=C(COCc1cc(-c2ccc(F)cc2)on1)N1CCOCC1. The number of nitrogens with zero attached hydrogens (tertiary/aromatic N) is 2. The Morgan fingerprint density at radius 3 is 2.74 bits per heavy atom. The molecule has 1 aromatic carbocycles. The fraction of sp³-hybridized carbons (Fsp3) is 0.375. The van der Waals surface area contributed by atoms with Crippen LogP contribution < -0.4 is 0 Å². The molecular formula is C16H17FN2O4. The summed E-state index contributed by atoms with van der Waals surface area (Å²) in [5, 5.41) is 3.89. The summed E-state index contributed by atoms with van der Waals surface area (Å²) in [6.07, 6.45) is 0. The summed E-state index contributed by atoms with van der Waals surface area (Å²) in [6, 6.07) is 7.65. The normalized spacial score (nSPS) is 14.9. The highest BCUT2D eigenvalue weighted by Crippen LogP contribution is 2.20. The van der Waals surface area contributed by atoms with Gasteiger partial charge in [-0.3, -0.25) is 4.79 Å². The van der Waals surface area contributed by atoms with E-state index in [-0.39, 0.29) is 24.9 Å². The van der Waals surface area contributed by atoms with Crippen molar-refractivity contribution >= 4 is 5.91 Å². The number of rotatable bonds is 5. The lowest BCUT2D eigenvalue weighted by atomic mass is 10.1. The Kier molecular flexibility index (Phi) is 4.99. The molecule has 1 amide bonds. The average Bonchev–Trinajstić information content (AvgIpc) is 3.05. The van der Waals surface area contributed by atoms with Crippen molar-refractivity contribution < 1.29 is 23.2 Å². The van der Waals surface area contributed by atoms with E-state index < -0.39 is 0 Å². The second-order valence-electron chi connectivity index (χ2n) is 5.18. The van der Waals surface area contributed by atoms with E-state index in [2.05, 4.69) is 5.16 Å². The van der Waals surface area contributed by atoms with Crippen molar-refractivity contribution in [2.45, 2.75) is 6.61 Å². The van der Waals surface area contributed by atoms with Crippen LogP contribution in [0.3, 0.4) is 0 Å². The van der Waals surface area contributed by atoms with Gasteiger partial charge in [0, 0.05) is 24.7 Å². The molecule has 23 heavy (non-hydrogen) atoms. The number of halogens is 1. The maximum absolute atomic E-state index is 12.9. The summed E-state index contributed by atoms with van der Waals surface area (Å²) >= 11 is 0. The number of carbonyl (C=O) groups excluding carboxylic acids is 1. The minimum atomic E-state index is -0.307. The molecule has 6 nitrogen and oxygen atoms in total. The molecule has 1 aliphatic heterocycles. The highest BCUT2D eigenvalue weighted by atomic mass is 19.1. The van der Waals surface area contributed by atoms with Gasteiger partial charge in [0.05, 0.1) is 19.8 Å². The van der Waals surface area contributed by atoms with Gasteiger partial charge in [0.15, 0.2) is 5.76 Å². The molecule has 1 fully saturated rings. The zero-order valence-electron chi connectivity index (χ0n) is 12.5. The van der Waals surface area contributed by atoms with Gasteiger partial charge in [0.1, 0.15) is 18.1 Å². The molecule has 122 valence electrons. The van der Waals surface area contributed by atoms with Crippen LogP contribution in [0.1, 0.15) is 5.69 Å². The third kappa shape index (κ3) is 4.14. The van der Waals surface area contributed by atoms with Crippen LogP contribution in [0.4, 0.5) is 4.39 Å². The predicted molar refractivity (Wildman–Crippen MR) is 79.0 cm³/mol. The van der Waals surface area contributed by atoms with Crippen LogP contribution in [0.2, 0.25) is 0 Å². The van der Waals surface area contributed by atoms with E-state index in [0.717, 1.165) is 5.56 Å². The summed E-state index contributed by atoms with van der Waals surface area (Å²) in [7, 11) is 0. The first-order valence-corrected chi connectivity index (χ1v) is 7.37. The summed E-state index contributed by atoms with van der Waals surface area (Å²) in [6.45, 7) is 2.51. The van der Waals surface area contributed by atoms with Crippen LogP contribution in [0.25, 0.3) is 11.3 Å². The van der Waals surface area contributed by atoms with Gasteiger partial charge in [-0.15, -0.1) is 0 Å². The van der Waals surface area contributed by atoms with E-state index in [4.69, 9.17) is 14.0 Å². The fourth-order valence-corrected chi connectivity index (χ4v) is 2.28. The number of morpholine rings is 1. The molecule has 2 aromatic rings. The Morgan fingerprint density at radius 1 is 1.26 bits per heavy atom. The fourth-order valence-electron chi connectivity index (χ4n) is 2.28. The molecule has 0 unspecified atom stereocenters. The van der Waals surface area contributed by atoms with Gasteiger partial charge in [-0.1, -0.05) is 5.16 Å². The van der Waals surface area contributed by atoms with E-state index in [9.17, 15) is 9.18 Å². The second kappa shape index (κ2) is 7.34. The van der Waals surface area contributed by atoms with Gasteiger partial charge in [0.25, 0.3) is 0 Å². The van der Waals surface area contributed by atoms with E-state index in [1.165, 1.54) is 12.1 Å². The number of hydrogen-bond acceptors (Lipinski definition) is 5. The molecule has 1 aliphatic rings. The molecule has 0 spiro atoms. The van der Waals surface area contributed by atoms with Crippen LogP contribution in [-0.2, 0) is 20.9 Å². The summed E-state index contributed by atoms with van der Waals surface area (Å²) in [4.78, 5) is 13.6. The van der Waals surface area contributed by atoms with E-state index >= 15 is 0 Å². The minimum absolute atomic E-state index is 0.00125. The highest BCUT2D eigenvalue weighted by Gasteiger charge is 2.17. The van der Waals surface area contributed by atoms with Gasteiger partial charge < -0.3 is 18.9 Å². The molecule has 0 bridgehead atoms.